The normalized spacial score (nSPS) is 16.1. The monoisotopic (exact) mass is 305 g/mol. The fraction of sp³-hybridized carbons (Fsp3) is 0.538. The average Bonchev–Trinajstić information content (AvgIpc) is 2.82. The maximum absolute atomic E-state index is 12.3. The summed E-state index contributed by atoms with van der Waals surface area (Å²) in [7, 11) is 0. The van der Waals surface area contributed by atoms with Crippen LogP contribution in [0, 0.1) is 12.3 Å². The third-order valence-electron chi connectivity index (χ3n) is 3.72. The molecule has 4 nitrogen and oxygen atoms in total. The van der Waals surface area contributed by atoms with Crippen LogP contribution in [0.4, 0.5) is 5.69 Å². The predicted octanol–water partition coefficient (Wildman–Crippen LogP) is 2.69. The molecular formula is C13H21Cl2N3O. The smallest absolute Gasteiger partial charge is 0.231 e. The molecule has 1 saturated carbocycles. The number of anilines is 1. The van der Waals surface area contributed by atoms with Crippen molar-refractivity contribution in [2.75, 3.05) is 11.9 Å². The van der Waals surface area contributed by atoms with Gasteiger partial charge in [0, 0.05) is 12.7 Å². The van der Waals surface area contributed by atoms with Crippen LogP contribution in [-0.2, 0) is 4.79 Å². The van der Waals surface area contributed by atoms with Gasteiger partial charge in [-0.1, -0.05) is 12.8 Å². The second-order valence-electron chi connectivity index (χ2n) is 4.84. The lowest BCUT2D eigenvalue weighted by atomic mass is 9.85. The highest BCUT2D eigenvalue weighted by atomic mass is 35.5. The third kappa shape index (κ3) is 3.81. The van der Waals surface area contributed by atoms with Crippen molar-refractivity contribution in [1.82, 2.24) is 4.98 Å². The summed E-state index contributed by atoms with van der Waals surface area (Å²) in [5, 5.41) is 2.96. The van der Waals surface area contributed by atoms with E-state index in [1.807, 2.05) is 13.0 Å². The van der Waals surface area contributed by atoms with E-state index in [1.54, 1.807) is 12.4 Å². The molecule has 0 aliphatic heterocycles. The van der Waals surface area contributed by atoms with Crippen LogP contribution in [0.5, 0.6) is 0 Å². The maximum atomic E-state index is 12.3. The summed E-state index contributed by atoms with van der Waals surface area (Å²) in [6, 6.07) is 1.89. The Balaban J connectivity index is 0.00000162. The number of hydrogen-bond donors (Lipinski definition) is 2. The summed E-state index contributed by atoms with van der Waals surface area (Å²) in [5.41, 5.74) is 7.24. The van der Waals surface area contributed by atoms with Gasteiger partial charge in [-0.25, -0.2) is 0 Å². The Morgan fingerprint density at radius 1 is 1.42 bits per heavy atom. The Morgan fingerprint density at radius 2 is 2.05 bits per heavy atom. The molecule has 19 heavy (non-hydrogen) atoms. The van der Waals surface area contributed by atoms with E-state index >= 15 is 0 Å². The number of carbonyl (C=O) groups excluding carboxylic acids is 1. The second kappa shape index (κ2) is 7.68. The number of amides is 1. The average molecular weight is 306 g/mol. The SMILES string of the molecule is Cc1ccncc1NC(=O)C1(CN)CCCC1.Cl.Cl. The van der Waals surface area contributed by atoms with Gasteiger partial charge in [-0.15, -0.1) is 24.8 Å². The molecule has 0 aromatic carbocycles. The zero-order valence-electron chi connectivity index (χ0n) is 11.0. The van der Waals surface area contributed by atoms with Crippen molar-refractivity contribution in [3.05, 3.63) is 24.0 Å². The van der Waals surface area contributed by atoms with E-state index in [2.05, 4.69) is 10.3 Å². The summed E-state index contributed by atoms with van der Waals surface area (Å²) in [5.74, 6) is 0.0496. The van der Waals surface area contributed by atoms with Crippen molar-refractivity contribution < 1.29 is 4.79 Å². The Kier molecular flexibility index (Phi) is 7.34. The number of aryl methyl sites for hydroxylation is 1. The lowest BCUT2D eigenvalue weighted by Crippen LogP contribution is -2.40. The van der Waals surface area contributed by atoms with E-state index in [0.717, 1.165) is 36.9 Å². The van der Waals surface area contributed by atoms with Gasteiger partial charge in [0.15, 0.2) is 0 Å². The largest absolute Gasteiger partial charge is 0.329 e. The fourth-order valence-corrected chi connectivity index (χ4v) is 2.43. The molecule has 0 saturated heterocycles. The quantitative estimate of drug-likeness (QED) is 0.902. The van der Waals surface area contributed by atoms with Crippen LogP contribution in [0.1, 0.15) is 31.2 Å². The molecule has 0 radical (unpaired) electrons. The molecule has 1 fully saturated rings. The molecule has 1 amide bonds. The van der Waals surface area contributed by atoms with Gasteiger partial charge in [0.1, 0.15) is 0 Å². The van der Waals surface area contributed by atoms with Gasteiger partial charge in [-0.05, 0) is 31.4 Å². The first-order valence-corrected chi connectivity index (χ1v) is 6.10. The van der Waals surface area contributed by atoms with E-state index in [9.17, 15) is 4.79 Å². The maximum Gasteiger partial charge on any atom is 0.231 e. The minimum absolute atomic E-state index is 0. The van der Waals surface area contributed by atoms with E-state index in [1.165, 1.54) is 0 Å². The van der Waals surface area contributed by atoms with Gasteiger partial charge in [-0.2, -0.15) is 0 Å². The highest BCUT2D eigenvalue weighted by Gasteiger charge is 2.39. The standard InChI is InChI=1S/C13H19N3O.2ClH/c1-10-4-7-15-8-11(10)16-12(17)13(9-14)5-2-3-6-13;;/h4,7-8H,2-3,5-6,9,14H2,1H3,(H,16,17);2*1H. The van der Waals surface area contributed by atoms with E-state index in [4.69, 9.17) is 5.73 Å². The molecular weight excluding hydrogens is 285 g/mol. The molecule has 108 valence electrons. The van der Waals surface area contributed by atoms with Gasteiger partial charge in [0.25, 0.3) is 0 Å². The zero-order valence-corrected chi connectivity index (χ0v) is 12.6. The highest BCUT2D eigenvalue weighted by molar-refractivity contribution is 5.96. The first-order chi connectivity index (χ1) is 8.18. The predicted molar refractivity (Wildman–Crippen MR) is 82.1 cm³/mol. The molecule has 1 aromatic heterocycles. The summed E-state index contributed by atoms with van der Waals surface area (Å²) in [6.45, 7) is 2.39. The molecule has 1 aliphatic rings. The number of nitrogens with two attached hydrogens (primary N) is 1. The first-order valence-electron chi connectivity index (χ1n) is 6.10. The van der Waals surface area contributed by atoms with Crippen LogP contribution in [0.15, 0.2) is 18.5 Å². The molecule has 0 unspecified atom stereocenters. The lowest BCUT2D eigenvalue weighted by Gasteiger charge is -2.26. The summed E-state index contributed by atoms with van der Waals surface area (Å²) >= 11 is 0. The van der Waals surface area contributed by atoms with Crippen molar-refractivity contribution in [2.45, 2.75) is 32.6 Å². The molecule has 2 rings (SSSR count). The molecule has 1 heterocycles. The van der Waals surface area contributed by atoms with Crippen LogP contribution in [-0.4, -0.2) is 17.4 Å². The van der Waals surface area contributed by atoms with Gasteiger partial charge in [0.05, 0.1) is 17.3 Å². The molecule has 0 atom stereocenters. The van der Waals surface area contributed by atoms with E-state index in [-0.39, 0.29) is 36.1 Å². The van der Waals surface area contributed by atoms with Crippen molar-refractivity contribution >= 4 is 36.4 Å². The van der Waals surface area contributed by atoms with Crippen LogP contribution >= 0.6 is 24.8 Å². The van der Waals surface area contributed by atoms with Gasteiger partial charge in [-0.3, -0.25) is 9.78 Å². The van der Waals surface area contributed by atoms with E-state index in [0.29, 0.717) is 6.54 Å². The number of nitrogens with one attached hydrogen (secondary N) is 1. The fourth-order valence-electron chi connectivity index (χ4n) is 2.43. The molecule has 6 heteroatoms. The summed E-state index contributed by atoms with van der Waals surface area (Å²) in [4.78, 5) is 16.3. The number of hydrogen-bond acceptors (Lipinski definition) is 3. The molecule has 0 spiro atoms. The molecule has 3 N–H and O–H groups in total. The van der Waals surface area contributed by atoms with Crippen LogP contribution in [0.2, 0.25) is 0 Å². The molecule has 1 aliphatic carbocycles. The summed E-state index contributed by atoms with van der Waals surface area (Å²) in [6.07, 6.45) is 7.39. The number of carbonyl (C=O) groups is 1. The van der Waals surface area contributed by atoms with E-state index < -0.39 is 0 Å². The highest BCUT2D eigenvalue weighted by Crippen LogP contribution is 2.38. The zero-order chi connectivity index (χ0) is 12.3. The minimum Gasteiger partial charge on any atom is -0.329 e. The lowest BCUT2D eigenvalue weighted by molar-refractivity contribution is -0.124. The van der Waals surface area contributed by atoms with Crippen molar-refractivity contribution in [1.29, 1.82) is 0 Å². The van der Waals surface area contributed by atoms with Crippen LogP contribution < -0.4 is 11.1 Å². The second-order valence-corrected chi connectivity index (χ2v) is 4.84. The number of pyridine rings is 1. The minimum atomic E-state index is -0.359. The van der Waals surface area contributed by atoms with Gasteiger partial charge in [0.2, 0.25) is 5.91 Å². The topological polar surface area (TPSA) is 68.0 Å². The number of nitrogens with zero attached hydrogens (tertiary/aromatic N) is 1. The molecule has 1 aromatic rings. The van der Waals surface area contributed by atoms with Crippen LogP contribution in [0.25, 0.3) is 0 Å². The molecule has 0 bridgehead atoms. The Labute approximate surface area is 126 Å². The van der Waals surface area contributed by atoms with Crippen molar-refractivity contribution in [3.63, 3.8) is 0 Å². The first kappa shape index (κ1) is 18.2. The van der Waals surface area contributed by atoms with Crippen molar-refractivity contribution in [2.24, 2.45) is 11.1 Å². The number of halogens is 2. The Bertz CT molecular complexity index is 420. The third-order valence-corrected chi connectivity index (χ3v) is 3.72. The van der Waals surface area contributed by atoms with Crippen molar-refractivity contribution in [3.8, 4) is 0 Å². The Hall–Kier alpha value is -0.840. The summed E-state index contributed by atoms with van der Waals surface area (Å²) < 4.78 is 0. The number of aromatic nitrogens is 1. The van der Waals surface area contributed by atoms with Gasteiger partial charge < -0.3 is 11.1 Å². The van der Waals surface area contributed by atoms with Crippen LogP contribution in [0.3, 0.4) is 0 Å². The Morgan fingerprint density at radius 3 is 2.58 bits per heavy atom. The number of rotatable bonds is 3. The van der Waals surface area contributed by atoms with Gasteiger partial charge >= 0.3 is 0 Å².